The van der Waals surface area contributed by atoms with E-state index in [-0.39, 0.29) is 17.3 Å². The minimum absolute atomic E-state index is 0.0123. The van der Waals surface area contributed by atoms with Crippen molar-refractivity contribution in [3.05, 3.63) is 12.7 Å². The van der Waals surface area contributed by atoms with Gasteiger partial charge in [-0.1, -0.05) is 40.2 Å². The summed E-state index contributed by atoms with van der Waals surface area (Å²) in [7, 11) is 0. The topological polar surface area (TPSA) is 40.5 Å². The summed E-state index contributed by atoms with van der Waals surface area (Å²) in [5, 5.41) is 22.0. The summed E-state index contributed by atoms with van der Waals surface area (Å²) in [6.45, 7) is 16.9. The molecule has 2 aliphatic carbocycles. The summed E-state index contributed by atoms with van der Waals surface area (Å²) in [4.78, 5) is 0. The first kappa shape index (κ1) is 18.0. The van der Waals surface area contributed by atoms with Gasteiger partial charge in [0.05, 0.1) is 11.2 Å². The molecular formula is C20H36O2. The monoisotopic (exact) mass is 308 g/mol. The molecule has 2 N–H and O–H groups in total. The molecule has 0 saturated heterocycles. The van der Waals surface area contributed by atoms with Crippen molar-refractivity contribution < 1.29 is 10.2 Å². The van der Waals surface area contributed by atoms with E-state index >= 15 is 0 Å². The quantitative estimate of drug-likeness (QED) is 0.751. The predicted octanol–water partition coefficient (Wildman–Crippen LogP) is 4.55. The molecule has 6 atom stereocenters. The minimum atomic E-state index is -0.943. The van der Waals surface area contributed by atoms with E-state index in [1.165, 1.54) is 12.8 Å². The molecule has 0 amide bonds. The molecule has 0 heterocycles. The lowest BCUT2D eigenvalue weighted by molar-refractivity contribution is -0.201. The van der Waals surface area contributed by atoms with Gasteiger partial charge in [0, 0.05) is 0 Å². The molecule has 0 aromatic heterocycles. The van der Waals surface area contributed by atoms with E-state index < -0.39 is 11.2 Å². The lowest BCUT2D eigenvalue weighted by Crippen LogP contribution is -2.61. The highest BCUT2D eigenvalue weighted by Gasteiger charge is 2.60. The van der Waals surface area contributed by atoms with Crippen LogP contribution in [-0.4, -0.2) is 21.4 Å². The number of rotatable bonds is 3. The number of hydrogen-bond acceptors (Lipinski definition) is 2. The van der Waals surface area contributed by atoms with Crippen molar-refractivity contribution in [3.63, 3.8) is 0 Å². The Labute approximate surface area is 137 Å². The fourth-order valence-electron chi connectivity index (χ4n) is 6.19. The average molecular weight is 309 g/mol. The molecule has 2 heteroatoms. The average Bonchev–Trinajstić information content (AvgIpc) is 2.35. The summed E-state index contributed by atoms with van der Waals surface area (Å²) in [6.07, 6.45) is 7.22. The highest BCUT2D eigenvalue weighted by Crippen LogP contribution is 2.64. The van der Waals surface area contributed by atoms with Crippen molar-refractivity contribution in [3.8, 4) is 0 Å². The van der Waals surface area contributed by atoms with Gasteiger partial charge in [0.2, 0.25) is 0 Å². The van der Waals surface area contributed by atoms with E-state index in [1.807, 2.05) is 13.8 Å². The zero-order valence-corrected chi connectivity index (χ0v) is 15.4. The summed E-state index contributed by atoms with van der Waals surface area (Å²) >= 11 is 0. The maximum atomic E-state index is 11.2. The molecule has 2 nitrogen and oxygen atoms in total. The van der Waals surface area contributed by atoms with Gasteiger partial charge in [0.25, 0.3) is 0 Å². The van der Waals surface area contributed by atoms with E-state index in [0.717, 1.165) is 19.3 Å². The SMILES string of the molecule is C=C[C@](C)(O)C(C)C1[C@@]2(C)CCCC(C)(C)C2CC[C@@]1(C)O. The Kier molecular flexibility index (Phi) is 4.37. The highest BCUT2D eigenvalue weighted by atomic mass is 16.3. The standard InChI is InChI=1S/C20H36O2/c1-8-19(6,21)14(2)16-18(5)12-9-11-17(3,4)15(18)10-13-20(16,7)22/h8,14-16,21-22H,1,9-13H2,2-7H3/t14?,15?,16?,18-,19-,20+/m0/s1. The van der Waals surface area contributed by atoms with Crippen LogP contribution in [0, 0.1) is 28.6 Å². The lowest BCUT2D eigenvalue weighted by atomic mass is 9.43. The lowest BCUT2D eigenvalue weighted by Gasteiger charge is -2.63. The molecule has 0 aliphatic heterocycles. The largest absolute Gasteiger partial charge is 0.390 e. The van der Waals surface area contributed by atoms with Crippen LogP contribution in [-0.2, 0) is 0 Å². The van der Waals surface area contributed by atoms with Crippen LogP contribution < -0.4 is 0 Å². The van der Waals surface area contributed by atoms with Crippen molar-refractivity contribution >= 4 is 0 Å². The Bertz CT molecular complexity index is 435. The van der Waals surface area contributed by atoms with Crippen LogP contribution in [0.2, 0.25) is 0 Å². The molecule has 0 spiro atoms. The Morgan fingerprint density at radius 2 is 1.77 bits per heavy atom. The third-order valence-corrected chi connectivity index (χ3v) is 7.43. The first-order chi connectivity index (χ1) is 9.88. The van der Waals surface area contributed by atoms with Gasteiger partial charge in [-0.2, -0.15) is 0 Å². The zero-order chi connectivity index (χ0) is 17.0. The van der Waals surface area contributed by atoms with Crippen LogP contribution >= 0.6 is 0 Å². The first-order valence-corrected chi connectivity index (χ1v) is 8.97. The third-order valence-electron chi connectivity index (χ3n) is 7.43. The van der Waals surface area contributed by atoms with Crippen LogP contribution in [0.1, 0.15) is 73.6 Å². The van der Waals surface area contributed by atoms with Crippen molar-refractivity contribution in [2.45, 2.75) is 84.8 Å². The normalized spacial score (nSPS) is 45.5. The Hall–Kier alpha value is -0.340. The Morgan fingerprint density at radius 1 is 1.18 bits per heavy atom. The summed E-state index contributed by atoms with van der Waals surface area (Å²) in [5.74, 6) is 0.690. The molecule has 2 saturated carbocycles. The second-order valence-electron chi connectivity index (χ2n) is 9.49. The number of aliphatic hydroxyl groups is 2. The van der Waals surface area contributed by atoms with Gasteiger partial charge in [-0.15, -0.1) is 6.58 Å². The molecule has 0 aromatic carbocycles. The molecule has 2 fully saturated rings. The molecule has 0 radical (unpaired) electrons. The molecule has 0 aromatic rings. The Morgan fingerprint density at radius 3 is 2.32 bits per heavy atom. The maximum Gasteiger partial charge on any atom is 0.0826 e. The van der Waals surface area contributed by atoms with Gasteiger partial charge < -0.3 is 10.2 Å². The van der Waals surface area contributed by atoms with Gasteiger partial charge >= 0.3 is 0 Å². The van der Waals surface area contributed by atoms with Crippen LogP contribution in [0.25, 0.3) is 0 Å². The van der Waals surface area contributed by atoms with Gasteiger partial charge in [-0.3, -0.25) is 0 Å². The van der Waals surface area contributed by atoms with Gasteiger partial charge in [-0.25, -0.2) is 0 Å². The fourth-order valence-corrected chi connectivity index (χ4v) is 6.19. The second kappa shape index (κ2) is 5.34. The summed E-state index contributed by atoms with van der Waals surface area (Å²) in [6, 6.07) is 0. The summed E-state index contributed by atoms with van der Waals surface area (Å²) in [5.41, 5.74) is -1.26. The molecule has 3 unspecified atom stereocenters. The van der Waals surface area contributed by atoms with Gasteiger partial charge in [0.15, 0.2) is 0 Å². The molecule has 2 aliphatic rings. The van der Waals surface area contributed by atoms with E-state index in [9.17, 15) is 10.2 Å². The number of fused-ring (bicyclic) bond motifs is 1. The van der Waals surface area contributed by atoms with Crippen LogP contribution in [0.3, 0.4) is 0 Å². The molecule has 128 valence electrons. The van der Waals surface area contributed by atoms with Crippen LogP contribution in [0.15, 0.2) is 12.7 Å². The predicted molar refractivity (Wildman–Crippen MR) is 92.6 cm³/mol. The molecule has 2 rings (SSSR count). The van der Waals surface area contributed by atoms with E-state index in [1.54, 1.807) is 6.08 Å². The van der Waals surface area contributed by atoms with Crippen molar-refractivity contribution in [2.24, 2.45) is 28.6 Å². The first-order valence-electron chi connectivity index (χ1n) is 8.97. The minimum Gasteiger partial charge on any atom is -0.390 e. The summed E-state index contributed by atoms with van der Waals surface area (Å²) < 4.78 is 0. The van der Waals surface area contributed by atoms with Crippen LogP contribution in [0.4, 0.5) is 0 Å². The van der Waals surface area contributed by atoms with Crippen LogP contribution in [0.5, 0.6) is 0 Å². The van der Waals surface area contributed by atoms with Crippen molar-refractivity contribution in [2.75, 3.05) is 0 Å². The molecule has 22 heavy (non-hydrogen) atoms. The number of hydrogen-bond donors (Lipinski definition) is 2. The molecular weight excluding hydrogens is 272 g/mol. The van der Waals surface area contributed by atoms with Crippen molar-refractivity contribution in [1.29, 1.82) is 0 Å². The zero-order valence-electron chi connectivity index (χ0n) is 15.4. The van der Waals surface area contributed by atoms with E-state index in [2.05, 4.69) is 34.3 Å². The van der Waals surface area contributed by atoms with Gasteiger partial charge in [0.1, 0.15) is 0 Å². The van der Waals surface area contributed by atoms with E-state index in [0.29, 0.717) is 11.3 Å². The Balaban J connectivity index is 2.49. The second-order valence-corrected chi connectivity index (χ2v) is 9.49. The smallest absolute Gasteiger partial charge is 0.0826 e. The molecule has 0 bridgehead atoms. The fraction of sp³-hybridized carbons (Fsp3) is 0.900. The van der Waals surface area contributed by atoms with Gasteiger partial charge in [-0.05, 0) is 68.1 Å². The highest BCUT2D eigenvalue weighted by molar-refractivity contribution is 5.12. The van der Waals surface area contributed by atoms with E-state index in [4.69, 9.17) is 0 Å². The van der Waals surface area contributed by atoms with Crippen molar-refractivity contribution in [1.82, 2.24) is 0 Å². The maximum absolute atomic E-state index is 11.2. The third kappa shape index (κ3) is 2.67.